The standard InChI is InChI=1S/C26H21F10NO2/c1-15-5-2-9-19(11-15)39-20-10-4-7-17(13-20)22(37-14-21(38)24(29,30)31)16-6-3-8-18(12-16)23(27,28)25(32,33)26(34,35)36/h2-13,21-22,37-38H,14H2,1H3. The van der Waals surface area contributed by atoms with Gasteiger partial charge in [0.05, 0.1) is 6.04 Å². The zero-order valence-electron chi connectivity index (χ0n) is 19.9. The van der Waals surface area contributed by atoms with Crippen molar-refractivity contribution in [2.24, 2.45) is 0 Å². The second-order valence-electron chi connectivity index (χ2n) is 8.66. The summed E-state index contributed by atoms with van der Waals surface area (Å²) in [6, 6.07) is 13.4. The quantitative estimate of drug-likeness (QED) is 0.260. The van der Waals surface area contributed by atoms with Crippen LogP contribution in [0.25, 0.3) is 0 Å². The maximum absolute atomic E-state index is 14.4. The summed E-state index contributed by atoms with van der Waals surface area (Å²) in [5.41, 5.74) is -1.15. The molecule has 2 N–H and O–H groups in total. The van der Waals surface area contributed by atoms with Crippen LogP contribution in [-0.2, 0) is 5.92 Å². The molecule has 3 rings (SSSR count). The molecule has 0 aliphatic heterocycles. The minimum atomic E-state index is -6.58. The first-order valence-electron chi connectivity index (χ1n) is 11.2. The molecule has 3 aromatic rings. The predicted octanol–water partition coefficient (Wildman–Crippen LogP) is 7.68. The highest BCUT2D eigenvalue weighted by molar-refractivity contribution is 5.41. The van der Waals surface area contributed by atoms with Gasteiger partial charge in [0.25, 0.3) is 0 Å². The lowest BCUT2D eigenvalue weighted by atomic mass is 9.93. The van der Waals surface area contributed by atoms with Crippen molar-refractivity contribution in [2.75, 3.05) is 6.54 Å². The molecule has 212 valence electrons. The average molecular weight is 569 g/mol. The number of aliphatic hydroxyl groups excluding tert-OH is 1. The minimum Gasteiger partial charge on any atom is -0.457 e. The van der Waals surface area contributed by atoms with Crippen LogP contribution in [0.15, 0.2) is 72.8 Å². The van der Waals surface area contributed by atoms with Gasteiger partial charge in [-0.3, -0.25) is 0 Å². The van der Waals surface area contributed by atoms with Crippen molar-refractivity contribution in [3.63, 3.8) is 0 Å². The summed E-state index contributed by atoms with van der Waals surface area (Å²) in [4.78, 5) is 0. The van der Waals surface area contributed by atoms with Crippen LogP contribution in [-0.4, -0.2) is 36.0 Å². The van der Waals surface area contributed by atoms with Gasteiger partial charge in [-0.15, -0.1) is 0 Å². The summed E-state index contributed by atoms with van der Waals surface area (Å²) in [6.07, 6.45) is -14.5. The van der Waals surface area contributed by atoms with E-state index in [9.17, 15) is 49.0 Å². The van der Waals surface area contributed by atoms with Crippen LogP contribution < -0.4 is 10.1 Å². The predicted molar refractivity (Wildman–Crippen MR) is 121 cm³/mol. The molecule has 0 aliphatic carbocycles. The van der Waals surface area contributed by atoms with E-state index in [1.807, 2.05) is 0 Å². The molecule has 0 saturated carbocycles. The number of hydrogen-bond acceptors (Lipinski definition) is 3. The van der Waals surface area contributed by atoms with Crippen LogP contribution in [0.5, 0.6) is 11.5 Å². The second-order valence-corrected chi connectivity index (χ2v) is 8.66. The molecule has 3 aromatic carbocycles. The number of rotatable bonds is 9. The number of halogens is 10. The van der Waals surface area contributed by atoms with Crippen molar-refractivity contribution in [3.8, 4) is 11.5 Å². The molecule has 0 radical (unpaired) electrons. The van der Waals surface area contributed by atoms with Crippen molar-refractivity contribution in [3.05, 3.63) is 95.1 Å². The number of nitrogens with one attached hydrogen (secondary N) is 1. The van der Waals surface area contributed by atoms with Gasteiger partial charge in [0.1, 0.15) is 11.5 Å². The molecule has 0 bridgehead atoms. The maximum atomic E-state index is 14.4. The van der Waals surface area contributed by atoms with Crippen molar-refractivity contribution in [1.29, 1.82) is 0 Å². The van der Waals surface area contributed by atoms with Gasteiger partial charge in [0.15, 0.2) is 6.10 Å². The molecule has 2 atom stereocenters. The van der Waals surface area contributed by atoms with Crippen LogP contribution in [0.3, 0.4) is 0 Å². The van der Waals surface area contributed by atoms with E-state index in [0.29, 0.717) is 17.9 Å². The number of benzene rings is 3. The first kappa shape index (κ1) is 30.2. The van der Waals surface area contributed by atoms with E-state index in [4.69, 9.17) is 4.74 Å². The largest absolute Gasteiger partial charge is 0.460 e. The Balaban J connectivity index is 2.04. The van der Waals surface area contributed by atoms with Crippen molar-refractivity contribution < 1.29 is 53.7 Å². The molecule has 13 heteroatoms. The van der Waals surface area contributed by atoms with E-state index in [1.165, 1.54) is 24.3 Å². The highest BCUT2D eigenvalue weighted by atomic mass is 19.4. The first-order chi connectivity index (χ1) is 17.9. The van der Waals surface area contributed by atoms with Crippen LogP contribution >= 0.6 is 0 Å². The normalized spacial score (nSPS) is 14.7. The summed E-state index contributed by atoms with van der Waals surface area (Å²) >= 11 is 0. The Bertz CT molecular complexity index is 1270. The van der Waals surface area contributed by atoms with Gasteiger partial charge in [-0.2, -0.15) is 43.9 Å². The summed E-state index contributed by atoms with van der Waals surface area (Å²) in [5.74, 6) is -11.6. The molecule has 0 saturated heterocycles. The molecule has 39 heavy (non-hydrogen) atoms. The van der Waals surface area contributed by atoms with Gasteiger partial charge < -0.3 is 15.2 Å². The summed E-state index contributed by atoms with van der Waals surface area (Å²) in [5, 5.41) is 11.8. The summed E-state index contributed by atoms with van der Waals surface area (Å²) in [6.45, 7) is 0.636. The number of aryl methyl sites for hydroxylation is 1. The maximum Gasteiger partial charge on any atom is 0.460 e. The lowest BCUT2D eigenvalue weighted by Gasteiger charge is -2.29. The number of hydrogen-bond donors (Lipinski definition) is 2. The molecular weight excluding hydrogens is 548 g/mol. The van der Waals surface area contributed by atoms with Gasteiger partial charge in [-0.05, 0) is 53.9 Å². The van der Waals surface area contributed by atoms with Crippen molar-refractivity contribution in [2.45, 2.75) is 43.3 Å². The van der Waals surface area contributed by atoms with E-state index < -0.39 is 48.5 Å². The fourth-order valence-corrected chi connectivity index (χ4v) is 3.62. The van der Waals surface area contributed by atoms with Crippen LogP contribution in [0.1, 0.15) is 28.3 Å². The number of aliphatic hydroxyl groups is 1. The molecule has 0 spiro atoms. The third-order valence-corrected chi connectivity index (χ3v) is 5.64. The van der Waals surface area contributed by atoms with Crippen LogP contribution in [0.2, 0.25) is 0 Å². The first-order valence-corrected chi connectivity index (χ1v) is 11.2. The lowest BCUT2D eigenvalue weighted by Crippen LogP contribution is -2.50. The molecule has 0 heterocycles. The van der Waals surface area contributed by atoms with Gasteiger partial charge in [0, 0.05) is 12.1 Å². The van der Waals surface area contributed by atoms with Crippen LogP contribution in [0, 0.1) is 6.92 Å². The molecule has 2 unspecified atom stereocenters. The monoisotopic (exact) mass is 569 g/mol. The van der Waals surface area contributed by atoms with Crippen molar-refractivity contribution >= 4 is 0 Å². The van der Waals surface area contributed by atoms with Gasteiger partial charge in [0.2, 0.25) is 0 Å². The average Bonchev–Trinajstić information content (AvgIpc) is 2.83. The van der Waals surface area contributed by atoms with E-state index in [0.717, 1.165) is 17.7 Å². The molecule has 0 aliphatic rings. The minimum absolute atomic E-state index is 0.0811. The van der Waals surface area contributed by atoms with Gasteiger partial charge in [-0.1, -0.05) is 42.5 Å². The smallest absolute Gasteiger partial charge is 0.457 e. The topological polar surface area (TPSA) is 41.5 Å². The fraction of sp³-hybridized carbons (Fsp3) is 0.308. The van der Waals surface area contributed by atoms with Gasteiger partial charge in [-0.25, -0.2) is 0 Å². The Morgan fingerprint density at radius 3 is 1.85 bits per heavy atom. The number of alkyl halides is 10. The molecule has 0 fully saturated rings. The Morgan fingerprint density at radius 1 is 0.744 bits per heavy atom. The third kappa shape index (κ3) is 6.82. The zero-order chi connectivity index (χ0) is 29.2. The van der Waals surface area contributed by atoms with E-state index >= 15 is 0 Å². The Kier molecular flexibility index (Phi) is 8.56. The van der Waals surface area contributed by atoms with E-state index in [-0.39, 0.29) is 16.9 Å². The van der Waals surface area contributed by atoms with E-state index in [1.54, 1.807) is 31.2 Å². The summed E-state index contributed by atoms with van der Waals surface area (Å²) in [7, 11) is 0. The third-order valence-electron chi connectivity index (χ3n) is 5.64. The Morgan fingerprint density at radius 2 is 1.28 bits per heavy atom. The lowest BCUT2D eigenvalue weighted by molar-refractivity contribution is -0.359. The zero-order valence-corrected chi connectivity index (χ0v) is 19.9. The second kappa shape index (κ2) is 11.0. The Hall–Kier alpha value is -3.32. The highest BCUT2D eigenvalue weighted by Crippen LogP contribution is 2.52. The SMILES string of the molecule is Cc1cccc(Oc2cccc(C(NCC(O)C(F)(F)F)c3cccc(C(F)(F)C(F)(F)C(F)(F)F)c3)c2)c1. The molecule has 0 amide bonds. The van der Waals surface area contributed by atoms with Gasteiger partial charge >= 0.3 is 24.2 Å². The number of ether oxygens (including phenoxy) is 1. The van der Waals surface area contributed by atoms with Crippen LogP contribution in [0.4, 0.5) is 43.9 Å². The fourth-order valence-electron chi connectivity index (χ4n) is 3.62. The summed E-state index contributed by atoms with van der Waals surface area (Å²) < 4.78 is 139. The van der Waals surface area contributed by atoms with E-state index in [2.05, 4.69) is 5.32 Å². The Labute approximate surface area is 216 Å². The molecule has 3 nitrogen and oxygen atoms in total. The molecular formula is C26H21F10NO2. The molecule has 0 aromatic heterocycles. The van der Waals surface area contributed by atoms with Crippen molar-refractivity contribution in [1.82, 2.24) is 5.32 Å². The highest BCUT2D eigenvalue weighted by Gasteiger charge is 2.73.